The summed E-state index contributed by atoms with van der Waals surface area (Å²) in [7, 11) is 1.65. The molecule has 1 aromatic heterocycles. The molecular weight excluding hydrogens is 291 g/mol. The van der Waals surface area contributed by atoms with Crippen molar-refractivity contribution in [1.29, 1.82) is 0 Å². The normalized spacial score (nSPS) is 12.4. The molecule has 0 saturated heterocycles. The van der Waals surface area contributed by atoms with Gasteiger partial charge in [0.15, 0.2) is 0 Å². The third-order valence-corrected chi connectivity index (χ3v) is 4.54. The molecule has 84 valence electrons. The lowest BCUT2D eigenvalue weighted by molar-refractivity contribution is 0.416. The van der Waals surface area contributed by atoms with Gasteiger partial charge >= 0.3 is 0 Å². The lowest BCUT2D eigenvalue weighted by Gasteiger charge is -2.07. The Morgan fingerprint density at radius 1 is 1.31 bits per heavy atom. The summed E-state index contributed by atoms with van der Waals surface area (Å²) in [5, 5.41) is 1.95. The van der Waals surface area contributed by atoms with Crippen LogP contribution in [0, 0.1) is 5.82 Å². The van der Waals surface area contributed by atoms with Gasteiger partial charge in [-0.25, -0.2) is 4.39 Å². The predicted molar refractivity (Wildman–Crippen MR) is 68.0 cm³/mol. The topological polar surface area (TPSA) is 9.23 Å². The first kappa shape index (κ1) is 11.6. The van der Waals surface area contributed by atoms with Crippen molar-refractivity contribution in [3.8, 4) is 5.75 Å². The molecule has 0 radical (unpaired) electrons. The van der Waals surface area contributed by atoms with Crippen molar-refractivity contribution < 1.29 is 9.13 Å². The molecule has 0 aliphatic carbocycles. The fourth-order valence-electron chi connectivity index (χ4n) is 1.37. The summed E-state index contributed by atoms with van der Waals surface area (Å²) >= 11 is 5.21. The molecule has 1 unspecified atom stereocenters. The van der Waals surface area contributed by atoms with Crippen LogP contribution >= 0.6 is 27.3 Å². The number of ether oxygens (including phenoxy) is 1. The number of hydrogen-bond donors (Lipinski definition) is 0. The van der Waals surface area contributed by atoms with Gasteiger partial charge in [0.2, 0.25) is 0 Å². The molecule has 0 fully saturated rings. The fraction of sp³-hybridized carbons (Fsp3) is 0.167. The Hall–Kier alpha value is -0.870. The average molecular weight is 301 g/mol. The van der Waals surface area contributed by atoms with Crippen molar-refractivity contribution in [1.82, 2.24) is 0 Å². The zero-order valence-corrected chi connectivity index (χ0v) is 11.0. The maximum Gasteiger partial charge on any atom is 0.129 e. The first-order chi connectivity index (χ1) is 7.70. The van der Waals surface area contributed by atoms with Crippen molar-refractivity contribution in [2.24, 2.45) is 0 Å². The molecule has 0 saturated carbocycles. The monoisotopic (exact) mass is 300 g/mol. The molecule has 2 aromatic rings. The van der Waals surface area contributed by atoms with Gasteiger partial charge in [0, 0.05) is 10.3 Å². The number of hydrogen-bond acceptors (Lipinski definition) is 2. The van der Waals surface area contributed by atoms with Crippen LogP contribution in [-0.2, 0) is 0 Å². The second-order valence-corrected chi connectivity index (χ2v) is 5.16. The molecule has 1 aromatic carbocycles. The van der Waals surface area contributed by atoms with Crippen LogP contribution in [0.3, 0.4) is 0 Å². The first-order valence-electron chi connectivity index (χ1n) is 4.72. The Morgan fingerprint density at radius 2 is 2.00 bits per heavy atom. The molecular formula is C12H10BrFOS. The molecule has 0 N–H and O–H groups in total. The highest BCUT2D eigenvalue weighted by Crippen LogP contribution is 2.36. The molecule has 16 heavy (non-hydrogen) atoms. The van der Waals surface area contributed by atoms with Crippen molar-refractivity contribution in [3.63, 3.8) is 0 Å². The number of methoxy groups -OCH3 is 1. The van der Waals surface area contributed by atoms with E-state index >= 15 is 0 Å². The van der Waals surface area contributed by atoms with E-state index in [9.17, 15) is 4.39 Å². The Kier molecular flexibility index (Phi) is 3.61. The first-order valence-corrected chi connectivity index (χ1v) is 6.52. The van der Waals surface area contributed by atoms with Crippen molar-refractivity contribution in [2.45, 2.75) is 4.83 Å². The third kappa shape index (κ3) is 2.44. The van der Waals surface area contributed by atoms with Gasteiger partial charge in [-0.3, -0.25) is 0 Å². The summed E-state index contributed by atoms with van der Waals surface area (Å²) in [4.78, 5) is 1.23. The maximum atomic E-state index is 12.8. The van der Waals surface area contributed by atoms with E-state index in [-0.39, 0.29) is 10.6 Å². The lowest BCUT2D eigenvalue weighted by Crippen LogP contribution is -1.89. The van der Waals surface area contributed by atoms with Gasteiger partial charge in [0.25, 0.3) is 0 Å². The molecule has 1 atom stereocenters. The van der Waals surface area contributed by atoms with Crippen LogP contribution in [-0.4, -0.2) is 7.11 Å². The molecule has 0 aliphatic heterocycles. The molecule has 0 bridgehead atoms. The SMILES string of the molecule is COc1csc(C(Br)c2ccc(F)cc2)c1. The fourth-order valence-corrected chi connectivity index (χ4v) is 2.99. The summed E-state index contributed by atoms with van der Waals surface area (Å²) in [6, 6.07) is 8.47. The van der Waals surface area contributed by atoms with Crippen molar-refractivity contribution in [3.05, 3.63) is 52.0 Å². The van der Waals surface area contributed by atoms with E-state index in [1.165, 1.54) is 12.1 Å². The van der Waals surface area contributed by atoms with E-state index in [1.54, 1.807) is 30.6 Å². The van der Waals surface area contributed by atoms with E-state index in [2.05, 4.69) is 15.9 Å². The molecule has 0 spiro atoms. The zero-order chi connectivity index (χ0) is 11.5. The highest BCUT2D eigenvalue weighted by Gasteiger charge is 2.13. The minimum atomic E-state index is -0.216. The minimum Gasteiger partial charge on any atom is -0.496 e. The summed E-state index contributed by atoms with van der Waals surface area (Å²) in [5.41, 5.74) is 1.03. The van der Waals surface area contributed by atoms with Gasteiger partial charge in [0.05, 0.1) is 11.9 Å². The van der Waals surface area contributed by atoms with Gasteiger partial charge < -0.3 is 4.74 Å². The molecule has 0 amide bonds. The molecule has 1 heterocycles. The molecule has 4 heteroatoms. The van der Waals surface area contributed by atoms with Crippen molar-refractivity contribution in [2.75, 3.05) is 7.11 Å². The predicted octanol–water partition coefficient (Wildman–Crippen LogP) is 4.38. The quantitative estimate of drug-likeness (QED) is 0.764. The van der Waals surface area contributed by atoms with E-state index < -0.39 is 0 Å². The zero-order valence-electron chi connectivity index (χ0n) is 8.61. The highest BCUT2D eigenvalue weighted by atomic mass is 79.9. The van der Waals surface area contributed by atoms with Gasteiger partial charge in [-0.05, 0) is 23.8 Å². The molecule has 1 nitrogen and oxygen atoms in total. The van der Waals surface area contributed by atoms with Crippen LogP contribution in [0.4, 0.5) is 4.39 Å². The second-order valence-electron chi connectivity index (χ2n) is 3.30. The average Bonchev–Trinajstić information content (AvgIpc) is 2.77. The van der Waals surface area contributed by atoms with Crippen molar-refractivity contribution >= 4 is 27.3 Å². The van der Waals surface area contributed by atoms with E-state index in [4.69, 9.17) is 4.74 Å². The summed E-state index contributed by atoms with van der Waals surface area (Å²) < 4.78 is 17.9. The van der Waals surface area contributed by atoms with Crippen LogP contribution in [0.15, 0.2) is 35.7 Å². The Balaban J connectivity index is 2.24. The minimum absolute atomic E-state index is 0.0852. The standard InChI is InChI=1S/C12H10BrFOS/c1-15-10-6-11(16-7-10)12(13)8-2-4-9(14)5-3-8/h2-7,12H,1H3. The van der Waals surface area contributed by atoms with E-state index in [0.29, 0.717) is 0 Å². The van der Waals surface area contributed by atoms with Crippen LogP contribution < -0.4 is 4.74 Å². The summed E-state index contributed by atoms with van der Waals surface area (Å²) in [6.07, 6.45) is 0. The van der Waals surface area contributed by atoms with E-state index in [0.717, 1.165) is 16.2 Å². The van der Waals surface area contributed by atoms with Crippen LogP contribution in [0.2, 0.25) is 0 Å². The maximum absolute atomic E-state index is 12.8. The van der Waals surface area contributed by atoms with Gasteiger partial charge in [-0.15, -0.1) is 11.3 Å². The number of benzene rings is 1. The third-order valence-electron chi connectivity index (χ3n) is 2.24. The van der Waals surface area contributed by atoms with Gasteiger partial charge in [-0.1, -0.05) is 28.1 Å². The summed E-state index contributed by atoms with van der Waals surface area (Å²) in [6.45, 7) is 0. The van der Waals surface area contributed by atoms with Crippen LogP contribution in [0.5, 0.6) is 5.75 Å². The van der Waals surface area contributed by atoms with E-state index in [1.807, 2.05) is 11.4 Å². The Morgan fingerprint density at radius 3 is 2.56 bits per heavy atom. The number of thiophene rings is 1. The smallest absolute Gasteiger partial charge is 0.129 e. The molecule has 0 aliphatic rings. The second kappa shape index (κ2) is 4.97. The molecule has 2 rings (SSSR count). The number of alkyl halides is 1. The number of halogens is 2. The van der Waals surface area contributed by atoms with Gasteiger partial charge in [0.1, 0.15) is 11.6 Å². The largest absolute Gasteiger partial charge is 0.496 e. The Bertz CT molecular complexity index is 466. The summed E-state index contributed by atoms with van der Waals surface area (Å²) in [5.74, 6) is 0.638. The highest BCUT2D eigenvalue weighted by molar-refractivity contribution is 9.09. The lowest BCUT2D eigenvalue weighted by atomic mass is 10.1. The van der Waals surface area contributed by atoms with Gasteiger partial charge in [-0.2, -0.15) is 0 Å². The van der Waals surface area contributed by atoms with Crippen LogP contribution in [0.1, 0.15) is 15.3 Å². The Labute approximate surface area is 106 Å². The van der Waals surface area contributed by atoms with Crippen LogP contribution in [0.25, 0.3) is 0 Å². The number of rotatable bonds is 3.